The van der Waals surface area contributed by atoms with Gasteiger partial charge in [-0.2, -0.15) is 5.10 Å². The van der Waals surface area contributed by atoms with Gasteiger partial charge < -0.3 is 9.73 Å². The third-order valence-electron chi connectivity index (χ3n) is 5.31. The molecule has 1 amide bonds. The summed E-state index contributed by atoms with van der Waals surface area (Å²) in [5.41, 5.74) is 7.27. The Morgan fingerprint density at radius 2 is 1.74 bits per heavy atom. The van der Waals surface area contributed by atoms with Crippen LogP contribution in [0, 0.1) is 34.6 Å². The van der Waals surface area contributed by atoms with Crippen LogP contribution in [0.1, 0.15) is 44.3 Å². The molecule has 0 aliphatic heterocycles. The van der Waals surface area contributed by atoms with Crippen LogP contribution < -0.4 is 5.32 Å². The summed E-state index contributed by atoms with van der Waals surface area (Å²) in [4.78, 5) is 17.3. The topological polar surface area (TPSA) is 73.0 Å². The number of carbonyl (C=O) groups excluding carboxylic acids is 1. The molecule has 6 nitrogen and oxygen atoms in total. The van der Waals surface area contributed by atoms with E-state index in [9.17, 15) is 4.79 Å². The van der Waals surface area contributed by atoms with Gasteiger partial charge in [0.05, 0.1) is 12.2 Å². The number of oxazole rings is 1. The van der Waals surface area contributed by atoms with Crippen LogP contribution in [0.15, 0.2) is 52.9 Å². The van der Waals surface area contributed by atoms with Gasteiger partial charge in [0.25, 0.3) is 5.91 Å². The monoisotopic (exact) mass is 414 g/mol. The van der Waals surface area contributed by atoms with Crippen molar-refractivity contribution < 1.29 is 9.21 Å². The minimum Gasteiger partial charge on any atom is -0.441 e. The predicted molar refractivity (Wildman–Crippen MR) is 121 cm³/mol. The SMILES string of the molecule is Cc1ccc(C(=O)Nc2ccc(-c3nc(Cn4nc(C)cc4C)c(C)o3)cc2)c(C)c1. The first-order valence-electron chi connectivity index (χ1n) is 10.3. The van der Waals surface area contributed by atoms with Crippen molar-refractivity contribution >= 4 is 11.6 Å². The summed E-state index contributed by atoms with van der Waals surface area (Å²) in [7, 11) is 0. The average Bonchev–Trinajstić information content (AvgIpc) is 3.23. The van der Waals surface area contributed by atoms with Crippen molar-refractivity contribution in [1.82, 2.24) is 14.8 Å². The maximum atomic E-state index is 12.6. The summed E-state index contributed by atoms with van der Waals surface area (Å²) in [6, 6.07) is 15.4. The molecule has 0 saturated heterocycles. The van der Waals surface area contributed by atoms with Gasteiger partial charge in [-0.1, -0.05) is 17.7 Å². The number of benzene rings is 2. The lowest BCUT2D eigenvalue weighted by Crippen LogP contribution is -2.13. The van der Waals surface area contributed by atoms with E-state index in [0.717, 1.165) is 45.2 Å². The van der Waals surface area contributed by atoms with Crippen molar-refractivity contribution in [3.8, 4) is 11.5 Å². The molecular formula is C25H26N4O2. The second kappa shape index (κ2) is 8.22. The Bertz CT molecular complexity index is 1250. The summed E-state index contributed by atoms with van der Waals surface area (Å²) in [5, 5.41) is 7.45. The van der Waals surface area contributed by atoms with E-state index in [-0.39, 0.29) is 5.91 Å². The molecule has 4 rings (SSSR count). The van der Waals surface area contributed by atoms with Crippen LogP contribution in [-0.2, 0) is 6.54 Å². The van der Waals surface area contributed by atoms with Gasteiger partial charge in [-0.15, -0.1) is 0 Å². The zero-order valence-corrected chi connectivity index (χ0v) is 18.5. The predicted octanol–water partition coefficient (Wildman–Crippen LogP) is 5.38. The molecule has 6 heteroatoms. The molecule has 4 aromatic rings. The molecule has 0 aliphatic carbocycles. The van der Waals surface area contributed by atoms with Gasteiger partial charge >= 0.3 is 0 Å². The van der Waals surface area contributed by atoms with Crippen molar-refractivity contribution in [2.45, 2.75) is 41.2 Å². The van der Waals surface area contributed by atoms with E-state index in [1.165, 1.54) is 0 Å². The fourth-order valence-electron chi connectivity index (χ4n) is 3.64. The van der Waals surface area contributed by atoms with Gasteiger partial charge in [-0.3, -0.25) is 9.48 Å². The Balaban J connectivity index is 1.49. The lowest BCUT2D eigenvalue weighted by Gasteiger charge is -2.08. The number of nitrogens with one attached hydrogen (secondary N) is 1. The molecule has 0 bridgehead atoms. The molecule has 0 saturated carbocycles. The number of anilines is 1. The number of carbonyl (C=O) groups is 1. The van der Waals surface area contributed by atoms with Crippen LogP contribution >= 0.6 is 0 Å². The van der Waals surface area contributed by atoms with Crippen LogP contribution in [0.25, 0.3) is 11.5 Å². The van der Waals surface area contributed by atoms with E-state index in [0.29, 0.717) is 18.0 Å². The number of nitrogens with zero attached hydrogens (tertiary/aromatic N) is 3. The summed E-state index contributed by atoms with van der Waals surface area (Å²) in [5.74, 6) is 1.21. The molecule has 0 aliphatic rings. The Kier molecular flexibility index (Phi) is 5.46. The molecule has 0 spiro atoms. The zero-order valence-electron chi connectivity index (χ0n) is 18.5. The normalized spacial score (nSPS) is 11.0. The molecule has 2 aromatic heterocycles. The van der Waals surface area contributed by atoms with E-state index in [4.69, 9.17) is 4.42 Å². The number of hydrogen-bond acceptors (Lipinski definition) is 4. The molecule has 0 unspecified atom stereocenters. The van der Waals surface area contributed by atoms with Gasteiger partial charge in [0.1, 0.15) is 11.5 Å². The van der Waals surface area contributed by atoms with Gasteiger partial charge in [0.2, 0.25) is 5.89 Å². The highest BCUT2D eigenvalue weighted by Gasteiger charge is 2.14. The minimum atomic E-state index is -0.121. The van der Waals surface area contributed by atoms with E-state index in [1.807, 2.05) is 87.8 Å². The van der Waals surface area contributed by atoms with Crippen LogP contribution in [0.4, 0.5) is 5.69 Å². The molecule has 0 radical (unpaired) electrons. The highest BCUT2D eigenvalue weighted by atomic mass is 16.4. The molecule has 31 heavy (non-hydrogen) atoms. The van der Waals surface area contributed by atoms with Gasteiger partial charge in [-0.05, 0) is 76.6 Å². The highest BCUT2D eigenvalue weighted by molar-refractivity contribution is 6.05. The van der Waals surface area contributed by atoms with Crippen LogP contribution in [0.5, 0.6) is 0 Å². The molecule has 0 atom stereocenters. The molecule has 0 fully saturated rings. The lowest BCUT2D eigenvalue weighted by molar-refractivity contribution is 0.102. The van der Waals surface area contributed by atoms with Gasteiger partial charge in [0.15, 0.2) is 0 Å². The summed E-state index contributed by atoms with van der Waals surface area (Å²) in [6.45, 7) is 10.4. The van der Waals surface area contributed by atoms with Crippen molar-refractivity contribution in [1.29, 1.82) is 0 Å². The maximum Gasteiger partial charge on any atom is 0.255 e. The molecular weight excluding hydrogens is 388 g/mol. The Morgan fingerprint density at radius 3 is 2.39 bits per heavy atom. The van der Waals surface area contributed by atoms with E-state index in [2.05, 4.69) is 15.4 Å². The average molecular weight is 415 g/mol. The third-order valence-corrected chi connectivity index (χ3v) is 5.31. The first kappa shape index (κ1) is 20.6. The number of rotatable bonds is 5. The van der Waals surface area contributed by atoms with Crippen molar-refractivity contribution in [2.24, 2.45) is 0 Å². The number of aryl methyl sites for hydroxylation is 5. The largest absolute Gasteiger partial charge is 0.441 e. The fourth-order valence-corrected chi connectivity index (χ4v) is 3.64. The van der Waals surface area contributed by atoms with Crippen molar-refractivity contribution in [3.63, 3.8) is 0 Å². The smallest absolute Gasteiger partial charge is 0.255 e. The maximum absolute atomic E-state index is 12.6. The molecule has 158 valence electrons. The van der Waals surface area contributed by atoms with Crippen molar-refractivity contribution in [3.05, 3.63) is 88.1 Å². The standard InChI is InChI=1S/C25H26N4O2/c1-15-6-11-22(16(2)12-15)24(30)26-21-9-7-20(8-10-21)25-27-23(19(5)31-25)14-29-18(4)13-17(3)28-29/h6-13H,14H2,1-5H3,(H,26,30). The molecule has 2 aromatic carbocycles. The van der Waals surface area contributed by atoms with Gasteiger partial charge in [0, 0.05) is 22.5 Å². The minimum absolute atomic E-state index is 0.121. The second-order valence-corrected chi connectivity index (χ2v) is 7.96. The molecule has 1 N–H and O–H groups in total. The second-order valence-electron chi connectivity index (χ2n) is 7.96. The highest BCUT2D eigenvalue weighted by Crippen LogP contribution is 2.24. The number of hydrogen-bond donors (Lipinski definition) is 1. The van der Waals surface area contributed by atoms with Crippen LogP contribution in [0.2, 0.25) is 0 Å². The summed E-state index contributed by atoms with van der Waals surface area (Å²) in [6.07, 6.45) is 0. The molecule has 2 heterocycles. The fraction of sp³-hybridized carbons (Fsp3) is 0.240. The summed E-state index contributed by atoms with van der Waals surface area (Å²) < 4.78 is 7.82. The van der Waals surface area contributed by atoms with Crippen LogP contribution in [-0.4, -0.2) is 20.7 Å². The Morgan fingerprint density at radius 1 is 1.00 bits per heavy atom. The first-order chi connectivity index (χ1) is 14.8. The van der Waals surface area contributed by atoms with Crippen molar-refractivity contribution in [2.75, 3.05) is 5.32 Å². The van der Waals surface area contributed by atoms with E-state index in [1.54, 1.807) is 0 Å². The third kappa shape index (κ3) is 4.43. The first-order valence-corrected chi connectivity index (χ1v) is 10.3. The summed E-state index contributed by atoms with van der Waals surface area (Å²) >= 11 is 0. The van der Waals surface area contributed by atoms with E-state index < -0.39 is 0 Å². The van der Waals surface area contributed by atoms with E-state index >= 15 is 0 Å². The Labute approximate surface area is 181 Å². The zero-order chi connectivity index (χ0) is 22.1. The quantitative estimate of drug-likeness (QED) is 0.476. The lowest BCUT2D eigenvalue weighted by atomic mass is 10.1. The number of amides is 1. The number of aromatic nitrogens is 3. The van der Waals surface area contributed by atoms with Crippen LogP contribution in [0.3, 0.4) is 0 Å². The Hall–Kier alpha value is -3.67. The van der Waals surface area contributed by atoms with Gasteiger partial charge in [-0.25, -0.2) is 4.98 Å².